The molecule has 1 aromatic heterocycles. The van der Waals surface area contributed by atoms with E-state index in [4.69, 9.17) is 4.74 Å². The number of ether oxygens (including phenoxy) is 1. The molecule has 5 aromatic rings. The maximum absolute atomic E-state index is 13.3. The molecule has 0 aliphatic carbocycles. The van der Waals surface area contributed by atoms with E-state index in [1.165, 1.54) is 12.1 Å². The molecular weight excluding hydrogens is 695 g/mol. The number of para-hydroxylation sites is 1. The number of fused-ring (bicyclic) bond motifs is 1. The number of aromatic hydroxyl groups is 1. The fourth-order valence-electron chi connectivity index (χ4n) is 7.75. The van der Waals surface area contributed by atoms with Crippen LogP contribution in [0.15, 0.2) is 108 Å². The van der Waals surface area contributed by atoms with Gasteiger partial charge in [-0.05, 0) is 91.6 Å². The number of phenolic OH excluding ortho intramolecular Hbond substituents is 1. The number of phenols is 1. The number of anilines is 1. The second-order valence-electron chi connectivity index (χ2n) is 14.6. The van der Waals surface area contributed by atoms with E-state index < -0.39 is 12.2 Å². The average Bonchev–Trinajstić information content (AvgIpc) is 3.21. The van der Waals surface area contributed by atoms with Crippen LogP contribution in [0.4, 0.5) is 10.5 Å². The lowest BCUT2D eigenvalue weighted by Crippen LogP contribution is -2.41. The Hall–Kier alpha value is -5.49. The summed E-state index contributed by atoms with van der Waals surface area (Å²) < 4.78 is 5.82. The number of nitrogens with zero attached hydrogens (tertiary/aromatic N) is 2. The summed E-state index contributed by atoms with van der Waals surface area (Å²) in [5.74, 6) is 0.594. The standard InChI is InChI=1S/C44H49N5O6/c50-39-16-14-36(37-15-17-41(52)47-42(37)39)40(51)29-45-28-31-10-12-33(13-11-31)43(53)49-26-19-30(20-27-49)18-23-48-24-21-34(22-25-48)55-44(54)46-38-9-5-4-8-35(38)32-6-2-1-3-7-32/h1-17,30,34,40,45,50-51H,18-29H2,(H,46,54)(H,47,52). The zero-order chi connectivity index (χ0) is 38.1. The molecule has 11 nitrogen and oxygen atoms in total. The molecule has 7 rings (SSSR count). The number of aromatic nitrogens is 1. The highest BCUT2D eigenvalue weighted by Gasteiger charge is 2.26. The highest BCUT2D eigenvalue weighted by Crippen LogP contribution is 2.30. The van der Waals surface area contributed by atoms with Gasteiger partial charge in [-0.3, -0.25) is 14.9 Å². The third kappa shape index (κ3) is 9.61. The van der Waals surface area contributed by atoms with Gasteiger partial charge in [0.25, 0.3) is 5.91 Å². The number of pyridine rings is 1. The lowest BCUT2D eigenvalue weighted by molar-refractivity contribution is 0.0547. The van der Waals surface area contributed by atoms with Gasteiger partial charge in [0.2, 0.25) is 5.56 Å². The molecule has 0 bridgehead atoms. The molecule has 4 aromatic carbocycles. The topological polar surface area (TPSA) is 147 Å². The molecule has 2 amide bonds. The number of hydrogen-bond acceptors (Lipinski definition) is 8. The molecule has 2 aliphatic heterocycles. The minimum absolute atomic E-state index is 0.0445. The maximum Gasteiger partial charge on any atom is 0.411 e. The van der Waals surface area contributed by atoms with Crippen molar-refractivity contribution in [3.05, 3.63) is 130 Å². The normalized spacial score (nSPS) is 16.2. The Bertz CT molecular complexity index is 2120. The van der Waals surface area contributed by atoms with Crippen molar-refractivity contribution in [2.24, 2.45) is 5.92 Å². The van der Waals surface area contributed by atoms with Crippen molar-refractivity contribution in [3.63, 3.8) is 0 Å². The van der Waals surface area contributed by atoms with Gasteiger partial charge in [-0.2, -0.15) is 0 Å². The molecule has 0 radical (unpaired) electrons. The molecule has 11 heteroatoms. The number of aliphatic hydroxyl groups excluding tert-OH is 1. The Morgan fingerprint density at radius 2 is 1.56 bits per heavy atom. The summed E-state index contributed by atoms with van der Waals surface area (Å²) >= 11 is 0. The van der Waals surface area contributed by atoms with Crippen molar-refractivity contribution >= 4 is 28.6 Å². The monoisotopic (exact) mass is 743 g/mol. The third-order valence-corrected chi connectivity index (χ3v) is 10.9. The molecular formula is C44H49N5O6. The van der Waals surface area contributed by atoms with E-state index in [9.17, 15) is 24.6 Å². The number of H-pyrrole nitrogens is 1. The first kappa shape index (κ1) is 37.8. The van der Waals surface area contributed by atoms with Gasteiger partial charge in [0.1, 0.15) is 11.9 Å². The fourth-order valence-corrected chi connectivity index (χ4v) is 7.75. The lowest BCUT2D eigenvalue weighted by Gasteiger charge is -2.35. The summed E-state index contributed by atoms with van der Waals surface area (Å²) in [6.45, 7) is 5.11. The Labute approximate surface area is 321 Å². The number of likely N-dealkylation sites (tertiary alicyclic amines) is 2. The van der Waals surface area contributed by atoms with Gasteiger partial charge in [0.15, 0.2) is 0 Å². The van der Waals surface area contributed by atoms with Crippen LogP contribution in [0.5, 0.6) is 5.75 Å². The van der Waals surface area contributed by atoms with Gasteiger partial charge in [-0.1, -0.05) is 66.7 Å². The maximum atomic E-state index is 13.3. The van der Waals surface area contributed by atoms with Crippen molar-refractivity contribution in [1.82, 2.24) is 20.1 Å². The third-order valence-electron chi connectivity index (χ3n) is 10.9. The Morgan fingerprint density at radius 3 is 2.33 bits per heavy atom. The number of benzene rings is 4. The van der Waals surface area contributed by atoms with Gasteiger partial charge in [-0.25, -0.2) is 4.79 Å². The molecule has 55 heavy (non-hydrogen) atoms. The van der Waals surface area contributed by atoms with E-state index in [1.54, 1.807) is 12.1 Å². The SMILES string of the molecule is O=C(Nc1ccccc1-c1ccccc1)OC1CCN(CCC2CCN(C(=O)c3ccc(CNCC(O)c4ccc(O)c5[nH]c(=O)ccc45)cc3)CC2)CC1. The number of hydrogen-bond donors (Lipinski definition) is 5. The molecule has 286 valence electrons. The smallest absolute Gasteiger partial charge is 0.411 e. The van der Waals surface area contributed by atoms with Crippen molar-refractivity contribution in [3.8, 4) is 16.9 Å². The number of aliphatic hydroxyl groups is 1. The quantitative estimate of drug-likeness (QED) is 0.0952. The van der Waals surface area contributed by atoms with Crippen LogP contribution in [-0.2, 0) is 11.3 Å². The van der Waals surface area contributed by atoms with E-state index >= 15 is 0 Å². The summed E-state index contributed by atoms with van der Waals surface area (Å²) in [6, 6.07) is 31.5. The Kier molecular flexibility index (Phi) is 12.2. The van der Waals surface area contributed by atoms with Crippen molar-refractivity contribution in [2.75, 3.05) is 44.6 Å². The zero-order valence-corrected chi connectivity index (χ0v) is 31.0. The number of amides is 2. The van der Waals surface area contributed by atoms with E-state index in [0.717, 1.165) is 87.2 Å². The molecule has 2 saturated heterocycles. The second-order valence-corrected chi connectivity index (χ2v) is 14.6. The number of aromatic amines is 1. The summed E-state index contributed by atoms with van der Waals surface area (Å²) in [7, 11) is 0. The van der Waals surface area contributed by atoms with Crippen LogP contribution in [0.2, 0.25) is 0 Å². The van der Waals surface area contributed by atoms with Gasteiger partial charge in [-0.15, -0.1) is 0 Å². The van der Waals surface area contributed by atoms with Crippen LogP contribution in [0, 0.1) is 5.92 Å². The van der Waals surface area contributed by atoms with E-state index in [0.29, 0.717) is 34.5 Å². The van der Waals surface area contributed by atoms with Crippen LogP contribution >= 0.6 is 0 Å². The Balaban J connectivity index is 0.789. The first-order valence-electron chi connectivity index (χ1n) is 19.3. The van der Waals surface area contributed by atoms with Crippen molar-refractivity contribution in [1.29, 1.82) is 0 Å². The zero-order valence-electron chi connectivity index (χ0n) is 31.0. The van der Waals surface area contributed by atoms with Crippen molar-refractivity contribution in [2.45, 2.75) is 50.9 Å². The minimum atomic E-state index is -0.848. The van der Waals surface area contributed by atoms with Crippen LogP contribution < -0.4 is 16.2 Å². The molecule has 1 unspecified atom stereocenters. The molecule has 2 aliphatic rings. The summed E-state index contributed by atoms with van der Waals surface area (Å²) in [6.07, 6.45) is 3.37. The molecule has 3 heterocycles. The van der Waals surface area contributed by atoms with Gasteiger partial charge in [0.05, 0.1) is 17.3 Å². The van der Waals surface area contributed by atoms with Crippen LogP contribution in [0.1, 0.15) is 59.7 Å². The molecule has 5 N–H and O–H groups in total. The largest absolute Gasteiger partial charge is 0.506 e. The summed E-state index contributed by atoms with van der Waals surface area (Å²) in [5.41, 5.74) is 5.00. The predicted octanol–water partition coefficient (Wildman–Crippen LogP) is 6.68. The number of nitrogens with one attached hydrogen (secondary N) is 3. The number of carbonyl (C=O) groups excluding carboxylic acids is 2. The van der Waals surface area contributed by atoms with Crippen molar-refractivity contribution < 1.29 is 24.5 Å². The molecule has 1 atom stereocenters. The number of carbonyl (C=O) groups is 2. The fraction of sp³-hybridized carbons (Fsp3) is 0.341. The van der Waals surface area contributed by atoms with E-state index in [2.05, 4.69) is 20.5 Å². The molecule has 0 saturated carbocycles. The summed E-state index contributed by atoms with van der Waals surface area (Å²) in [5, 5.41) is 27.8. The number of rotatable bonds is 12. The first-order valence-corrected chi connectivity index (χ1v) is 19.3. The first-order chi connectivity index (χ1) is 26.8. The average molecular weight is 744 g/mol. The highest BCUT2D eigenvalue weighted by molar-refractivity contribution is 5.94. The highest BCUT2D eigenvalue weighted by atomic mass is 16.6. The predicted molar refractivity (Wildman–Crippen MR) is 214 cm³/mol. The van der Waals surface area contributed by atoms with Crippen LogP contribution in [0.3, 0.4) is 0 Å². The molecule has 0 spiro atoms. The minimum Gasteiger partial charge on any atom is -0.506 e. The van der Waals surface area contributed by atoms with Crippen LogP contribution in [-0.4, -0.2) is 82.4 Å². The van der Waals surface area contributed by atoms with E-state index in [1.807, 2.05) is 83.8 Å². The van der Waals surface area contributed by atoms with Gasteiger partial charge in [0, 0.05) is 61.8 Å². The number of piperidine rings is 2. The Morgan fingerprint density at radius 1 is 0.836 bits per heavy atom. The summed E-state index contributed by atoms with van der Waals surface area (Å²) in [4.78, 5) is 44.9. The lowest BCUT2D eigenvalue weighted by atomic mass is 9.92. The second kappa shape index (κ2) is 17.8. The molecule has 2 fully saturated rings. The van der Waals surface area contributed by atoms with Gasteiger partial charge >= 0.3 is 6.09 Å². The van der Waals surface area contributed by atoms with Crippen LogP contribution in [0.25, 0.3) is 22.0 Å². The van der Waals surface area contributed by atoms with E-state index in [-0.39, 0.29) is 29.9 Å². The van der Waals surface area contributed by atoms with Gasteiger partial charge < -0.3 is 35.1 Å².